The molecule has 0 spiro atoms. The van der Waals surface area contributed by atoms with Crippen molar-refractivity contribution >= 4 is 17.7 Å². The van der Waals surface area contributed by atoms with Crippen LogP contribution in [-0.2, 0) is 4.79 Å². The second kappa shape index (κ2) is 11.6. The van der Waals surface area contributed by atoms with Gasteiger partial charge in [-0.05, 0) is 51.4 Å². The summed E-state index contributed by atoms with van der Waals surface area (Å²) in [5.41, 5.74) is 5.95. The van der Waals surface area contributed by atoms with Gasteiger partial charge in [-0.3, -0.25) is 4.79 Å². The minimum atomic E-state index is -0.333. The maximum atomic E-state index is 12.2. The zero-order chi connectivity index (χ0) is 14.7. The van der Waals surface area contributed by atoms with Gasteiger partial charge in [0.1, 0.15) is 0 Å². The molecular weight excluding hydrogens is 258 g/mol. The summed E-state index contributed by atoms with van der Waals surface area (Å²) in [7, 11) is 0. The summed E-state index contributed by atoms with van der Waals surface area (Å²) in [5.74, 6) is 1.06. The van der Waals surface area contributed by atoms with Gasteiger partial charge in [-0.25, -0.2) is 0 Å². The lowest BCUT2D eigenvalue weighted by molar-refractivity contribution is -0.132. The average Bonchev–Trinajstić information content (AvgIpc) is 2.44. The van der Waals surface area contributed by atoms with Crippen molar-refractivity contribution in [2.75, 3.05) is 44.7 Å². The van der Waals surface area contributed by atoms with E-state index in [0.29, 0.717) is 0 Å². The van der Waals surface area contributed by atoms with Gasteiger partial charge in [0.15, 0.2) is 0 Å². The summed E-state index contributed by atoms with van der Waals surface area (Å²) in [6.45, 7) is 11.1. The van der Waals surface area contributed by atoms with E-state index in [-0.39, 0.29) is 11.9 Å². The highest BCUT2D eigenvalue weighted by Crippen LogP contribution is 2.04. The van der Waals surface area contributed by atoms with Crippen molar-refractivity contribution in [3.8, 4) is 0 Å². The molecular formula is C14H31N3OS. The molecule has 0 aliphatic rings. The molecule has 5 heteroatoms. The largest absolute Gasteiger partial charge is 0.342 e. The van der Waals surface area contributed by atoms with Crippen LogP contribution in [0.2, 0.25) is 0 Å². The Labute approximate surface area is 123 Å². The number of thioether (sulfide) groups is 1. The van der Waals surface area contributed by atoms with Crippen LogP contribution in [0.1, 0.15) is 33.6 Å². The van der Waals surface area contributed by atoms with E-state index >= 15 is 0 Å². The van der Waals surface area contributed by atoms with Gasteiger partial charge in [-0.15, -0.1) is 0 Å². The first-order valence-electron chi connectivity index (χ1n) is 7.36. The zero-order valence-corrected chi connectivity index (χ0v) is 13.8. The second-order valence-corrected chi connectivity index (χ2v) is 5.67. The van der Waals surface area contributed by atoms with Crippen LogP contribution >= 0.6 is 11.8 Å². The summed E-state index contributed by atoms with van der Waals surface area (Å²) < 4.78 is 0. The molecule has 0 aromatic heterocycles. The van der Waals surface area contributed by atoms with E-state index in [1.54, 1.807) is 11.8 Å². The zero-order valence-electron chi connectivity index (χ0n) is 13.0. The lowest BCUT2D eigenvalue weighted by Gasteiger charge is -2.26. The summed E-state index contributed by atoms with van der Waals surface area (Å²) in [6.07, 6.45) is 3.84. The standard InChI is InChI=1S/C14H31N3OS/c1-5-16(6-2)10-8-11-17(7-3)14(18)13(15)9-12-19-4/h13H,5-12,15H2,1-4H3/t13-/m1/s1. The van der Waals surface area contributed by atoms with Crippen molar-refractivity contribution < 1.29 is 4.79 Å². The molecule has 19 heavy (non-hydrogen) atoms. The van der Waals surface area contributed by atoms with Crippen LogP contribution in [0, 0.1) is 0 Å². The Balaban J connectivity index is 4.07. The normalized spacial score (nSPS) is 12.7. The molecule has 0 radical (unpaired) electrons. The van der Waals surface area contributed by atoms with Crippen molar-refractivity contribution in [3.05, 3.63) is 0 Å². The maximum absolute atomic E-state index is 12.2. The molecule has 0 saturated carbocycles. The monoisotopic (exact) mass is 289 g/mol. The average molecular weight is 289 g/mol. The predicted molar refractivity (Wildman–Crippen MR) is 85.6 cm³/mol. The van der Waals surface area contributed by atoms with Crippen LogP contribution in [0.15, 0.2) is 0 Å². The first-order valence-corrected chi connectivity index (χ1v) is 8.75. The molecule has 0 unspecified atom stereocenters. The van der Waals surface area contributed by atoms with E-state index in [9.17, 15) is 4.79 Å². The second-order valence-electron chi connectivity index (χ2n) is 4.69. The van der Waals surface area contributed by atoms with Gasteiger partial charge in [0.25, 0.3) is 0 Å². The minimum absolute atomic E-state index is 0.107. The summed E-state index contributed by atoms with van der Waals surface area (Å²) in [4.78, 5) is 16.5. The Bertz CT molecular complexity index is 235. The highest BCUT2D eigenvalue weighted by Gasteiger charge is 2.19. The predicted octanol–water partition coefficient (Wildman–Crippen LogP) is 1.65. The van der Waals surface area contributed by atoms with Gasteiger partial charge in [0, 0.05) is 13.1 Å². The molecule has 0 fully saturated rings. The number of nitrogens with two attached hydrogens (primary N) is 1. The number of rotatable bonds is 11. The highest BCUT2D eigenvalue weighted by molar-refractivity contribution is 7.98. The molecule has 114 valence electrons. The molecule has 1 amide bonds. The van der Waals surface area contributed by atoms with Gasteiger partial charge < -0.3 is 15.5 Å². The Morgan fingerprint density at radius 1 is 1.16 bits per heavy atom. The fraction of sp³-hybridized carbons (Fsp3) is 0.929. The molecule has 1 atom stereocenters. The van der Waals surface area contributed by atoms with Crippen LogP contribution in [0.25, 0.3) is 0 Å². The Kier molecular flexibility index (Phi) is 11.4. The minimum Gasteiger partial charge on any atom is -0.342 e. The van der Waals surface area contributed by atoms with E-state index in [1.165, 1.54) is 0 Å². The quantitative estimate of drug-likeness (QED) is 0.628. The van der Waals surface area contributed by atoms with Gasteiger partial charge >= 0.3 is 0 Å². The molecule has 0 aromatic rings. The third-order valence-corrected chi connectivity index (χ3v) is 4.08. The molecule has 0 rings (SSSR count). The number of hydrogen-bond donors (Lipinski definition) is 1. The molecule has 0 aromatic carbocycles. The Morgan fingerprint density at radius 3 is 2.26 bits per heavy atom. The molecule has 0 heterocycles. The fourth-order valence-electron chi connectivity index (χ4n) is 2.05. The van der Waals surface area contributed by atoms with Crippen molar-refractivity contribution in [3.63, 3.8) is 0 Å². The van der Waals surface area contributed by atoms with E-state index in [1.807, 2.05) is 18.1 Å². The first-order chi connectivity index (χ1) is 9.10. The third kappa shape index (κ3) is 7.80. The van der Waals surface area contributed by atoms with Gasteiger partial charge in [-0.2, -0.15) is 11.8 Å². The van der Waals surface area contributed by atoms with Gasteiger partial charge in [-0.1, -0.05) is 13.8 Å². The number of amides is 1. The van der Waals surface area contributed by atoms with Crippen molar-refractivity contribution in [1.29, 1.82) is 0 Å². The molecule has 2 N–H and O–H groups in total. The summed E-state index contributed by atoms with van der Waals surface area (Å²) in [6, 6.07) is -0.333. The molecule has 0 aliphatic heterocycles. The third-order valence-electron chi connectivity index (χ3n) is 3.44. The van der Waals surface area contributed by atoms with Gasteiger partial charge in [0.2, 0.25) is 5.91 Å². The van der Waals surface area contributed by atoms with Crippen LogP contribution in [0.4, 0.5) is 0 Å². The SMILES string of the molecule is CCN(CC)CCCN(CC)C(=O)[C@H](N)CCSC. The van der Waals surface area contributed by atoms with Crippen molar-refractivity contribution in [2.45, 2.75) is 39.7 Å². The topological polar surface area (TPSA) is 49.6 Å². The fourth-order valence-corrected chi connectivity index (χ4v) is 2.54. The first kappa shape index (κ1) is 18.7. The van der Waals surface area contributed by atoms with Crippen molar-refractivity contribution in [1.82, 2.24) is 9.80 Å². The summed E-state index contributed by atoms with van der Waals surface area (Å²) >= 11 is 1.74. The number of carbonyl (C=O) groups excluding carboxylic acids is 1. The Hall–Kier alpha value is -0.260. The van der Waals surface area contributed by atoms with Crippen LogP contribution in [-0.4, -0.2) is 66.5 Å². The Morgan fingerprint density at radius 2 is 1.79 bits per heavy atom. The number of likely N-dealkylation sites (N-methyl/N-ethyl adjacent to an activating group) is 1. The van der Waals surface area contributed by atoms with Crippen molar-refractivity contribution in [2.24, 2.45) is 5.73 Å². The van der Waals surface area contributed by atoms with E-state index in [4.69, 9.17) is 5.73 Å². The lowest BCUT2D eigenvalue weighted by atomic mass is 10.2. The highest BCUT2D eigenvalue weighted by atomic mass is 32.2. The lowest BCUT2D eigenvalue weighted by Crippen LogP contribution is -2.45. The molecule has 0 bridgehead atoms. The van der Waals surface area contributed by atoms with Gasteiger partial charge in [0.05, 0.1) is 6.04 Å². The summed E-state index contributed by atoms with van der Waals surface area (Å²) in [5, 5.41) is 0. The number of hydrogen-bond acceptors (Lipinski definition) is 4. The van der Waals surface area contributed by atoms with E-state index < -0.39 is 0 Å². The van der Waals surface area contributed by atoms with E-state index in [2.05, 4.69) is 18.7 Å². The number of nitrogens with zero attached hydrogens (tertiary/aromatic N) is 2. The molecule has 4 nitrogen and oxygen atoms in total. The number of carbonyl (C=O) groups is 1. The van der Waals surface area contributed by atoms with Crippen LogP contribution in [0.5, 0.6) is 0 Å². The van der Waals surface area contributed by atoms with Crippen LogP contribution < -0.4 is 5.73 Å². The molecule has 0 saturated heterocycles. The maximum Gasteiger partial charge on any atom is 0.239 e. The van der Waals surface area contributed by atoms with E-state index in [0.717, 1.165) is 51.3 Å². The smallest absolute Gasteiger partial charge is 0.239 e. The van der Waals surface area contributed by atoms with Crippen LogP contribution in [0.3, 0.4) is 0 Å². The molecule has 0 aliphatic carbocycles.